The molecular formula is C19H16Br2N2O4. The van der Waals surface area contributed by atoms with Gasteiger partial charge in [-0.05, 0) is 59.3 Å². The van der Waals surface area contributed by atoms with Crippen LogP contribution in [0.1, 0.15) is 23.0 Å². The summed E-state index contributed by atoms with van der Waals surface area (Å²) in [6, 6.07) is 10.8. The number of halogens is 2. The molecule has 140 valence electrons. The van der Waals surface area contributed by atoms with E-state index in [4.69, 9.17) is 13.9 Å². The highest BCUT2D eigenvalue weighted by atomic mass is 79.9. The lowest BCUT2D eigenvalue weighted by atomic mass is 10.2. The molecule has 1 N–H and O–H groups in total. The van der Waals surface area contributed by atoms with Crippen LogP contribution in [0, 0.1) is 0 Å². The average Bonchev–Trinajstić information content (AvgIpc) is 3.07. The zero-order valence-corrected chi connectivity index (χ0v) is 17.8. The minimum absolute atomic E-state index is 0.184. The Labute approximate surface area is 172 Å². The summed E-state index contributed by atoms with van der Waals surface area (Å²) in [5, 5.41) is 4.83. The number of furan rings is 1. The zero-order chi connectivity index (χ0) is 19.4. The van der Waals surface area contributed by atoms with Gasteiger partial charge in [-0.15, -0.1) is 0 Å². The number of nitrogens with one attached hydrogen (secondary N) is 1. The van der Waals surface area contributed by atoms with Crippen LogP contribution in [0.25, 0.3) is 11.0 Å². The van der Waals surface area contributed by atoms with Crippen LogP contribution in [0.3, 0.4) is 0 Å². The van der Waals surface area contributed by atoms with Gasteiger partial charge in [-0.25, -0.2) is 5.43 Å². The lowest BCUT2D eigenvalue weighted by molar-refractivity contribution is 0.0929. The Kier molecular flexibility index (Phi) is 6.18. The Morgan fingerprint density at radius 2 is 2.04 bits per heavy atom. The molecule has 0 unspecified atom stereocenters. The molecule has 0 aliphatic carbocycles. The normalized spacial score (nSPS) is 11.1. The van der Waals surface area contributed by atoms with E-state index < -0.39 is 5.91 Å². The van der Waals surface area contributed by atoms with Gasteiger partial charge in [-0.2, -0.15) is 5.10 Å². The highest BCUT2D eigenvalue weighted by molar-refractivity contribution is 9.10. The van der Waals surface area contributed by atoms with Crippen LogP contribution in [-0.2, 0) is 0 Å². The van der Waals surface area contributed by atoms with Crippen LogP contribution in [0.5, 0.6) is 11.5 Å². The molecule has 1 amide bonds. The van der Waals surface area contributed by atoms with E-state index in [9.17, 15) is 4.79 Å². The van der Waals surface area contributed by atoms with Gasteiger partial charge in [-0.1, -0.05) is 15.9 Å². The monoisotopic (exact) mass is 494 g/mol. The van der Waals surface area contributed by atoms with E-state index in [1.807, 2.05) is 19.1 Å². The predicted molar refractivity (Wildman–Crippen MR) is 111 cm³/mol. The van der Waals surface area contributed by atoms with Gasteiger partial charge in [0.15, 0.2) is 17.3 Å². The van der Waals surface area contributed by atoms with Crippen molar-refractivity contribution in [2.45, 2.75) is 6.92 Å². The molecule has 0 aliphatic rings. The summed E-state index contributed by atoms with van der Waals surface area (Å²) in [5.74, 6) is 0.953. The van der Waals surface area contributed by atoms with Crippen LogP contribution in [0.2, 0.25) is 0 Å². The van der Waals surface area contributed by atoms with E-state index in [1.165, 1.54) is 6.21 Å². The number of fused-ring (bicyclic) bond motifs is 1. The summed E-state index contributed by atoms with van der Waals surface area (Å²) in [6.45, 7) is 2.40. The number of methoxy groups -OCH3 is 1. The maximum atomic E-state index is 12.3. The Balaban J connectivity index is 1.75. The Hall–Kier alpha value is -2.32. The Morgan fingerprint density at radius 3 is 2.78 bits per heavy atom. The predicted octanol–water partition coefficient (Wildman–Crippen LogP) is 5.13. The topological polar surface area (TPSA) is 73.1 Å². The van der Waals surface area contributed by atoms with E-state index >= 15 is 0 Å². The number of hydrogen-bond donors (Lipinski definition) is 1. The van der Waals surface area contributed by atoms with Gasteiger partial charge >= 0.3 is 5.91 Å². The Bertz CT molecular complexity index is 1010. The van der Waals surface area contributed by atoms with Gasteiger partial charge in [-0.3, -0.25) is 4.79 Å². The second kappa shape index (κ2) is 8.58. The molecule has 1 aromatic heterocycles. The number of hydrogen-bond acceptors (Lipinski definition) is 5. The lowest BCUT2D eigenvalue weighted by Gasteiger charge is -2.11. The van der Waals surface area contributed by atoms with Crippen molar-refractivity contribution in [3.8, 4) is 11.5 Å². The van der Waals surface area contributed by atoms with Crippen molar-refractivity contribution in [2.24, 2.45) is 5.10 Å². The SMILES string of the molecule is CCOc1cc(/C=N/NC(=O)c2cc3cc(Br)ccc3o2)c(Br)cc1OC. The summed E-state index contributed by atoms with van der Waals surface area (Å²) in [5.41, 5.74) is 3.82. The molecule has 0 saturated carbocycles. The lowest BCUT2D eigenvalue weighted by Crippen LogP contribution is -2.16. The fraction of sp³-hybridized carbons (Fsp3) is 0.158. The van der Waals surface area contributed by atoms with Gasteiger partial charge in [0, 0.05) is 19.9 Å². The number of carbonyl (C=O) groups excluding carboxylic acids is 1. The summed E-state index contributed by atoms with van der Waals surface area (Å²) >= 11 is 6.84. The molecule has 27 heavy (non-hydrogen) atoms. The van der Waals surface area contributed by atoms with Crippen molar-refractivity contribution in [1.29, 1.82) is 0 Å². The molecule has 0 aliphatic heterocycles. The molecular weight excluding hydrogens is 480 g/mol. The number of rotatable bonds is 6. The standard InChI is InChI=1S/C19H16Br2N2O4/c1-3-26-17-8-12(14(21)9-16(17)25-2)10-22-23-19(24)18-7-11-6-13(20)4-5-15(11)27-18/h4-10H,3H2,1-2H3,(H,23,24)/b22-10+. The number of nitrogens with zero attached hydrogens (tertiary/aromatic N) is 1. The van der Waals surface area contributed by atoms with Crippen molar-refractivity contribution >= 4 is 55.0 Å². The summed E-state index contributed by atoms with van der Waals surface area (Å²) < 4.78 is 18.0. The molecule has 0 saturated heterocycles. The van der Waals surface area contributed by atoms with Crippen molar-refractivity contribution in [2.75, 3.05) is 13.7 Å². The van der Waals surface area contributed by atoms with Gasteiger partial charge in [0.1, 0.15) is 5.58 Å². The largest absolute Gasteiger partial charge is 0.493 e. The first kappa shape index (κ1) is 19.4. The number of amides is 1. The van der Waals surface area contributed by atoms with E-state index in [1.54, 1.807) is 31.4 Å². The van der Waals surface area contributed by atoms with Crippen LogP contribution in [-0.4, -0.2) is 25.8 Å². The fourth-order valence-corrected chi connectivity index (χ4v) is 3.22. The average molecular weight is 496 g/mol. The maximum absolute atomic E-state index is 12.3. The summed E-state index contributed by atoms with van der Waals surface area (Å²) in [4.78, 5) is 12.3. The Morgan fingerprint density at radius 1 is 1.22 bits per heavy atom. The minimum atomic E-state index is -0.437. The molecule has 0 radical (unpaired) electrons. The molecule has 3 aromatic rings. The van der Waals surface area contributed by atoms with E-state index in [0.717, 1.165) is 19.9 Å². The maximum Gasteiger partial charge on any atom is 0.307 e. The molecule has 2 aromatic carbocycles. The summed E-state index contributed by atoms with van der Waals surface area (Å²) in [6.07, 6.45) is 1.52. The first-order valence-electron chi connectivity index (χ1n) is 8.04. The number of ether oxygens (including phenoxy) is 2. The highest BCUT2D eigenvalue weighted by Gasteiger charge is 2.12. The van der Waals surface area contributed by atoms with E-state index in [0.29, 0.717) is 23.7 Å². The smallest absolute Gasteiger partial charge is 0.307 e. The van der Waals surface area contributed by atoms with Crippen LogP contribution < -0.4 is 14.9 Å². The van der Waals surface area contributed by atoms with Crippen molar-refractivity contribution in [3.05, 3.63) is 56.7 Å². The van der Waals surface area contributed by atoms with Crippen molar-refractivity contribution in [1.82, 2.24) is 5.43 Å². The molecule has 0 spiro atoms. The molecule has 1 heterocycles. The van der Waals surface area contributed by atoms with Crippen molar-refractivity contribution in [3.63, 3.8) is 0 Å². The van der Waals surface area contributed by atoms with Crippen LogP contribution >= 0.6 is 31.9 Å². The first-order chi connectivity index (χ1) is 13.0. The second-order valence-electron chi connectivity index (χ2n) is 5.45. The van der Waals surface area contributed by atoms with E-state index in [2.05, 4.69) is 42.4 Å². The highest BCUT2D eigenvalue weighted by Crippen LogP contribution is 2.32. The minimum Gasteiger partial charge on any atom is -0.493 e. The van der Waals surface area contributed by atoms with Gasteiger partial charge in [0.2, 0.25) is 0 Å². The van der Waals surface area contributed by atoms with Gasteiger partial charge in [0.05, 0.1) is 19.9 Å². The van der Waals surface area contributed by atoms with Crippen LogP contribution in [0.4, 0.5) is 0 Å². The summed E-state index contributed by atoms with van der Waals surface area (Å²) in [7, 11) is 1.57. The molecule has 3 rings (SSSR count). The quantitative estimate of drug-likeness (QED) is 0.380. The molecule has 0 fully saturated rings. The molecule has 6 nitrogen and oxygen atoms in total. The zero-order valence-electron chi connectivity index (χ0n) is 14.6. The molecule has 0 atom stereocenters. The van der Waals surface area contributed by atoms with Crippen molar-refractivity contribution < 1.29 is 18.7 Å². The first-order valence-corrected chi connectivity index (χ1v) is 9.63. The van der Waals surface area contributed by atoms with Gasteiger partial charge in [0.25, 0.3) is 0 Å². The fourth-order valence-electron chi connectivity index (χ4n) is 2.42. The third kappa shape index (κ3) is 4.51. The third-order valence-electron chi connectivity index (χ3n) is 3.65. The second-order valence-corrected chi connectivity index (χ2v) is 7.22. The van der Waals surface area contributed by atoms with Crippen LogP contribution in [0.15, 0.2) is 54.9 Å². The van der Waals surface area contributed by atoms with E-state index in [-0.39, 0.29) is 5.76 Å². The third-order valence-corrected chi connectivity index (χ3v) is 4.83. The molecule has 8 heteroatoms. The number of benzene rings is 2. The number of hydrazone groups is 1. The number of carbonyl (C=O) groups is 1. The van der Waals surface area contributed by atoms with Gasteiger partial charge < -0.3 is 13.9 Å². The molecule has 0 bridgehead atoms.